The summed E-state index contributed by atoms with van der Waals surface area (Å²) in [6, 6.07) is 3.28. The van der Waals surface area contributed by atoms with Gasteiger partial charge >= 0.3 is 0 Å². The zero-order chi connectivity index (χ0) is 15.8. The summed E-state index contributed by atoms with van der Waals surface area (Å²) >= 11 is 0. The molecule has 120 valence electrons. The highest BCUT2D eigenvalue weighted by molar-refractivity contribution is 5.11. The molecule has 0 aliphatic carbocycles. The number of rotatable bonds is 9. The Balaban J connectivity index is 2.73. The highest BCUT2D eigenvalue weighted by Crippen LogP contribution is 2.21. The second kappa shape index (κ2) is 9.07. The number of pyridine rings is 1. The third kappa shape index (κ3) is 6.50. The van der Waals surface area contributed by atoms with Crippen molar-refractivity contribution in [1.29, 1.82) is 0 Å². The summed E-state index contributed by atoms with van der Waals surface area (Å²) in [5, 5.41) is 12.9. The molecule has 1 rings (SSSR count). The number of aliphatic hydroxyl groups is 1. The first-order valence-electron chi connectivity index (χ1n) is 7.65. The Morgan fingerprint density at radius 2 is 2.05 bits per heavy atom. The van der Waals surface area contributed by atoms with Gasteiger partial charge in [-0.15, -0.1) is 0 Å². The lowest BCUT2D eigenvalue weighted by molar-refractivity contribution is 0.128. The minimum Gasteiger partial charge on any atom is -0.392 e. The predicted octanol–water partition coefficient (Wildman–Crippen LogP) is 2.21. The number of nitrogens with zero attached hydrogens (tertiary/aromatic N) is 2. The van der Waals surface area contributed by atoms with Gasteiger partial charge in [-0.05, 0) is 45.0 Å². The van der Waals surface area contributed by atoms with Gasteiger partial charge in [0.15, 0.2) is 0 Å². The molecule has 0 saturated carbocycles. The number of hydrogen-bond donors (Lipinski definition) is 2. The smallest absolute Gasteiger partial charge is 0.141 e. The van der Waals surface area contributed by atoms with Crippen molar-refractivity contribution >= 4 is 0 Å². The fourth-order valence-electron chi connectivity index (χ4n) is 2.59. The van der Waals surface area contributed by atoms with Crippen LogP contribution in [0.2, 0.25) is 0 Å². The van der Waals surface area contributed by atoms with Gasteiger partial charge in [-0.3, -0.25) is 4.98 Å². The standard InChI is InChI=1S/C16H28FN3O/c1-5-8-18-16(15-7-6-14(17)9-19-15)12(2)10-20(4)11-13(3)21/h6-7,9,12-13,16,18,21H,5,8,10-11H2,1-4H3. The maximum atomic E-state index is 13.0. The Labute approximate surface area is 127 Å². The van der Waals surface area contributed by atoms with Crippen molar-refractivity contribution in [2.24, 2.45) is 5.92 Å². The van der Waals surface area contributed by atoms with Crippen molar-refractivity contribution < 1.29 is 9.50 Å². The predicted molar refractivity (Wildman–Crippen MR) is 83.6 cm³/mol. The lowest BCUT2D eigenvalue weighted by Gasteiger charge is -2.29. The van der Waals surface area contributed by atoms with Crippen LogP contribution in [0.3, 0.4) is 0 Å². The Kier molecular flexibility index (Phi) is 7.78. The van der Waals surface area contributed by atoms with Crippen molar-refractivity contribution in [3.05, 3.63) is 29.8 Å². The van der Waals surface area contributed by atoms with E-state index >= 15 is 0 Å². The molecule has 3 unspecified atom stereocenters. The van der Waals surface area contributed by atoms with Gasteiger partial charge in [-0.25, -0.2) is 4.39 Å². The highest BCUT2D eigenvalue weighted by atomic mass is 19.1. The van der Waals surface area contributed by atoms with E-state index in [0.717, 1.165) is 25.2 Å². The average Bonchev–Trinajstić information content (AvgIpc) is 2.40. The van der Waals surface area contributed by atoms with Gasteiger partial charge < -0.3 is 15.3 Å². The summed E-state index contributed by atoms with van der Waals surface area (Å²) in [5.41, 5.74) is 0.864. The van der Waals surface area contributed by atoms with Crippen LogP contribution in [-0.2, 0) is 0 Å². The van der Waals surface area contributed by atoms with E-state index in [9.17, 15) is 9.50 Å². The molecule has 3 atom stereocenters. The zero-order valence-electron chi connectivity index (χ0n) is 13.5. The largest absolute Gasteiger partial charge is 0.392 e. The molecule has 0 bridgehead atoms. The molecule has 0 aromatic carbocycles. The van der Waals surface area contributed by atoms with Crippen LogP contribution in [0.4, 0.5) is 4.39 Å². The molecular formula is C16H28FN3O. The molecule has 21 heavy (non-hydrogen) atoms. The van der Waals surface area contributed by atoms with E-state index in [1.165, 1.54) is 12.3 Å². The van der Waals surface area contributed by atoms with Gasteiger partial charge in [-0.1, -0.05) is 13.8 Å². The molecule has 0 aliphatic heterocycles. The van der Waals surface area contributed by atoms with Crippen LogP contribution >= 0.6 is 0 Å². The van der Waals surface area contributed by atoms with Crippen molar-refractivity contribution in [3.8, 4) is 0 Å². The van der Waals surface area contributed by atoms with Crippen molar-refractivity contribution in [2.45, 2.75) is 39.3 Å². The molecule has 1 aromatic heterocycles. The van der Waals surface area contributed by atoms with Crippen LogP contribution in [0.15, 0.2) is 18.3 Å². The average molecular weight is 297 g/mol. The molecule has 0 spiro atoms. The van der Waals surface area contributed by atoms with E-state index in [4.69, 9.17) is 0 Å². The van der Waals surface area contributed by atoms with E-state index in [0.29, 0.717) is 12.5 Å². The third-order valence-electron chi connectivity index (χ3n) is 3.43. The molecule has 0 aliphatic rings. The van der Waals surface area contributed by atoms with Crippen LogP contribution in [0.5, 0.6) is 0 Å². The van der Waals surface area contributed by atoms with Crippen LogP contribution in [0.1, 0.15) is 38.9 Å². The monoisotopic (exact) mass is 297 g/mol. The minimum absolute atomic E-state index is 0.0852. The number of aromatic nitrogens is 1. The van der Waals surface area contributed by atoms with Crippen molar-refractivity contribution in [2.75, 3.05) is 26.7 Å². The van der Waals surface area contributed by atoms with Crippen LogP contribution < -0.4 is 5.32 Å². The normalized spacial score (nSPS) is 16.0. The van der Waals surface area contributed by atoms with Crippen LogP contribution in [0.25, 0.3) is 0 Å². The Bertz CT molecular complexity index is 397. The minimum atomic E-state index is -0.340. The first-order chi connectivity index (χ1) is 9.93. The van der Waals surface area contributed by atoms with Gasteiger partial charge in [0.05, 0.1) is 24.0 Å². The number of likely N-dealkylation sites (N-methyl/N-ethyl adjacent to an activating group) is 1. The van der Waals surface area contributed by atoms with E-state index < -0.39 is 0 Å². The molecule has 1 heterocycles. The lowest BCUT2D eigenvalue weighted by Crippen LogP contribution is -2.37. The molecule has 0 saturated heterocycles. The SMILES string of the molecule is CCCNC(c1ccc(F)cn1)C(C)CN(C)CC(C)O. The van der Waals surface area contributed by atoms with Crippen molar-refractivity contribution in [3.63, 3.8) is 0 Å². The lowest BCUT2D eigenvalue weighted by atomic mass is 9.97. The number of halogens is 1. The van der Waals surface area contributed by atoms with E-state index in [1.807, 2.05) is 7.05 Å². The maximum Gasteiger partial charge on any atom is 0.141 e. The Hall–Kier alpha value is -1.04. The first-order valence-corrected chi connectivity index (χ1v) is 7.65. The van der Waals surface area contributed by atoms with Gasteiger partial charge in [-0.2, -0.15) is 0 Å². The summed E-state index contributed by atoms with van der Waals surface area (Å²) < 4.78 is 13.0. The second-order valence-corrected chi connectivity index (χ2v) is 5.88. The summed E-state index contributed by atoms with van der Waals surface area (Å²) in [6.07, 6.45) is 1.96. The maximum absolute atomic E-state index is 13.0. The van der Waals surface area contributed by atoms with Crippen LogP contribution in [-0.4, -0.2) is 47.8 Å². The molecule has 2 N–H and O–H groups in total. The summed E-state index contributed by atoms with van der Waals surface area (Å²) in [7, 11) is 2.00. The molecule has 5 heteroatoms. The van der Waals surface area contributed by atoms with Crippen LogP contribution in [0, 0.1) is 11.7 Å². The van der Waals surface area contributed by atoms with Crippen molar-refractivity contribution in [1.82, 2.24) is 15.2 Å². The number of aliphatic hydroxyl groups excluding tert-OH is 1. The molecular weight excluding hydrogens is 269 g/mol. The summed E-state index contributed by atoms with van der Waals surface area (Å²) in [5.74, 6) is -0.00914. The Morgan fingerprint density at radius 3 is 2.57 bits per heavy atom. The summed E-state index contributed by atoms with van der Waals surface area (Å²) in [4.78, 5) is 6.33. The third-order valence-corrected chi connectivity index (χ3v) is 3.43. The number of hydrogen-bond acceptors (Lipinski definition) is 4. The fraction of sp³-hybridized carbons (Fsp3) is 0.688. The Morgan fingerprint density at radius 1 is 1.33 bits per heavy atom. The zero-order valence-corrected chi connectivity index (χ0v) is 13.5. The molecule has 0 amide bonds. The molecule has 0 radical (unpaired) electrons. The second-order valence-electron chi connectivity index (χ2n) is 5.88. The molecule has 0 fully saturated rings. The van der Waals surface area contributed by atoms with E-state index in [1.54, 1.807) is 13.0 Å². The summed E-state index contributed by atoms with van der Waals surface area (Å²) in [6.45, 7) is 8.43. The topological polar surface area (TPSA) is 48.4 Å². The molecule has 1 aromatic rings. The molecule has 4 nitrogen and oxygen atoms in total. The fourth-order valence-corrected chi connectivity index (χ4v) is 2.59. The first kappa shape index (κ1) is 18.0. The van der Waals surface area contributed by atoms with E-state index in [2.05, 4.69) is 29.0 Å². The quantitative estimate of drug-likeness (QED) is 0.734. The van der Waals surface area contributed by atoms with Gasteiger partial charge in [0.25, 0.3) is 0 Å². The van der Waals surface area contributed by atoms with Gasteiger partial charge in [0.1, 0.15) is 5.82 Å². The highest BCUT2D eigenvalue weighted by Gasteiger charge is 2.21. The van der Waals surface area contributed by atoms with Gasteiger partial charge in [0, 0.05) is 13.1 Å². The van der Waals surface area contributed by atoms with Gasteiger partial charge in [0.2, 0.25) is 0 Å². The number of nitrogens with one attached hydrogen (secondary N) is 1. The van der Waals surface area contributed by atoms with E-state index in [-0.39, 0.29) is 18.0 Å².